The van der Waals surface area contributed by atoms with Crippen LogP contribution in [-0.2, 0) is 11.0 Å². The van der Waals surface area contributed by atoms with Crippen LogP contribution in [0.3, 0.4) is 0 Å². The van der Waals surface area contributed by atoms with E-state index in [0.29, 0.717) is 31.6 Å². The molecule has 0 aromatic carbocycles. The first-order valence-corrected chi connectivity index (χ1v) is 14.3. The zero-order chi connectivity index (χ0) is 26.4. The molecule has 0 N–H and O–H groups in total. The SMILES string of the molecule is CCCCC1CN(SCC2(C=O)CCC23C(CC)C3(C)CC)CCN1c1ncc(C(F)(F)F)cc1F. The number of carbonyl (C=O) groups excluding carboxylic acids is 1. The predicted octanol–water partition coefficient (Wildman–Crippen LogP) is 6.99. The second kappa shape index (κ2) is 10.1. The Hall–Kier alpha value is -1.35. The Morgan fingerprint density at radius 2 is 1.97 bits per heavy atom. The molecule has 202 valence electrons. The summed E-state index contributed by atoms with van der Waals surface area (Å²) in [6.45, 7) is 10.7. The molecule has 4 nitrogen and oxygen atoms in total. The predicted molar refractivity (Wildman–Crippen MR) is 136 cm³/mol. The van der Waals surface area contributed by atoms with E-state index in [1.807, 2.05) is 4.90 Å². The van der Waals surface area contributed by atoms with Gasteiger partial charge in [-0.25, -0.2) is 13.7 Å². The highest BCUT2D eigenvalue weighted by Gasteiger charge is 2.82. The van der Waals surface area contributed by atoms with Gasteiger partial charge in [0.1, 0.15) is 6.29 Å². The van der Waals surface area contributed by atoms with Gasteiger partial charge in [-0.05, 0) is 48.5 Å². The third-order valence-corrected chi connectivity index (χ3v) is 11.1. The molecule has 1 aromatic rings. The Kier molecular flexibility index (Phi) is 7.75. The number of halogens is 4. The third-order valence-electron chi connectivity index (χ3n) is 9.78. The van der Waals surface area contributed by atoms with Crippen molar-refractivity contribution in [3.63, 3.8) is 0 Å². The summed E-state index contributed by atoms with van der Waals surface area (Å²) < 4.78 is 56.1. The van der Waals surface area contributed by atoms with E-state index in [-0.39, 0.29) is 28.1 Å². The minimum absolute atomic E-state index is 0.00135. The lowest BCUT2D eigenvalue weighted by Crippen LogP contribution is -2.53. The molecule has 2 saturated carbocycles. The van der Waals surface area contributed by atoms with E-state index >= 15 is 0 Å². The molecule has 5 unspecified atom stereocenters. The zero-order valence-corrected chi connectivity index (χ0v) is 22.7. The van der Waals surface area contributed by atoms with Crippen LogP contribution >= 0.6 is 11.9 Å². The lowest BCUT2D eigenvalue weighted by atomic mass is 9.55. The molecule has 3 fully saturated rings. The number of pyridine rings is 1. The van der Waals surface area contributed by atoms with Crippen LogP contribution in [0.15, 0.2) is 12.3 Å². The summed E-state index contributed by atoms with van der Waals surface area (Å²) in [4.78, 5) is 18.3. The highest BCUT2D eigenvalue weighted by Crippen LogP contribution is 2.86. The monoisotopic (exact) mass is 529 g/mol. The second-order valence-corrected chi connectivity index (χ2v) is 12.2. The van der Waals surface area contributed by atoms with E-state index in [2.05, 4.69) is 37.0 Å². The molecule has 0 amide bonds. The van der Waals surface area contributed by atoms with Crippen LogP contribution in [-0.4, -0.2) is 47.0 Å². The molecular weight excluding hydrogens is 490 g/mol. The van der Waals surface area contributed by atoms with E-state index in [4.69, 9.17) is 0 Å². The highest BCUT2D eigenvalue weighted by molar-refractivity contribution is 7.97. The number of carbonyl (C=O) groups is 1. The average Bonchev–Trinajstić information content (AvgIpc) is 3.44. The Morgan fingerprint density at radius 3 is 2.47 bits per heavy atom. The van der Waals surface area contributed by atoms with Crippen LogP contribution in [0.25, 0.3) is 0 Å². The van der Waals surface area contributed by atoms with Crippen molar-refractivity contribution in [1.29, 1.82) is 0 Å². The van der Waals surface area contributed by atoms with Crippen LogP contribution in [0.5, 0.6) is 0 Å². The molecule has 2 aliphatic carbocycles. The molecule has 1 saturated heterocycles. The first-order chi connectivity index (χ1) is 17.0. The maximum atomic E-state index is 14.8. The largest absolute Gasteiger partial charge is 0.417 e. The van der Waals surface area contributed by atoms with Crippen LogP contribution in [0.4, 0.5) is 23.4 Å². The highest BCUT2D eigenvalue weighted by atomic mass is 32.2. The summed E-state index contributed by atoms with van der Waals surface area (Å²) in [6, 6.07) is 0.507. The van der Waals surface area contributed by atoms with Gasteiger partial charge in [0.15, 0.2) is 11.6 Å². The summed E-state index contributed by atoms with van der Waals surface area (Å²) in [6.07, 6.45) is 4.33. The molecule has 0 bridgehead atoms. The number of piperazine rings is 1. The van der Waals surface area contributed by atoms with E-state index in [0.717, 1.165) is 56.9 Å². The maximum Gasteiger partial charge on any atom is 0.417 e. The zero-order valence-electron chi connectivity index (χ0n) is 21.8. The fraction of sp³-hybridized carbons (Fsp3) is 0.778. The van der Waals surface area contributed by atoms with Crippen molar-refractivity contribution in [2.24, 2.45) is 22.2 Å². The van der Waals surface area contributed by atoms with Gasteiger partial charge in [-0.3, -0.25) is 0 Å². The molecule has 3 aliphatic rings. The minimum Gasteiger partial charge on any atom is -0.349 e. The topological polar surface area (TPSA) is 36.4 Å². The standard InChI is InChI=1S/C27H39F4N3OS/c1-5-8-9-20-16-33(12-13-34(20)23-21(28)14-19(15-32-23)27(29,30)31)36-18-25(17-35)10-11-26(25)22(6-2)24(26,4)7-3/h14-15,17,20,22H,5-13,16,18H2,1-4H3. The van der Waals surface area contributed by atoms with E-state index < -0.39 is 17.6 Å². The van der Waals surface area contributed by atoms with Gasteiger partial charge in [0, 0.05) is 43.0 Å². The number of rotatable bonds is 10. The van der Waals surface area contributed by atoms with Gasteiger partial charge in [0.05, 0.1) is 5.56 Å². The number of anilines is 1. The van der Waals surface area contributed by atoms with E-state index in [9.17, 15) is 22.4 Å². The van der Waals surface area contributed by atoms with Gasteiger partial charge in [-0.2, -0.15) is 13.2 Å². The number of unbranched alkanes of at least 4 members (excludes halogenated alkanes) is 1. The molecule has 1 spiro atoms. The number of aromatic nitrogens is 1. The summed E-state index contributed by atoms with van der Waals surface area (Å²) in [5, 5.41) is 0. The molecule has 2 heterocycles. The first-order valence-electron chi connectivity index (χ1n) is 13.4. The summed E-state index contributed by atoms with van der Waals surface area (Å²) >= 11 is 1.73. The van der Waals surface area contributed by atoms with E-state index in [1.54, 1.807) is 11.9 Å². The van der Waals surface area contributed by atoms with Crippen molar-refractivity contribution in [2.45, 2.75) is 84.9 Å². The molecule has 0 radical (unpaired) electrons. The van der Waals surface area contributed by atoms with Gasteiger partial charge < -0.3 is 9.69 Å². The minimum atomic E-state index is -4.62. The van der Waals surface area contributed by atoms with Gasteiger partial charge in [0.25, 0.3) is 0 Å². The smallest absolute Gasteiger partial charge is 0.349 e. The number of alkyl halides is 3. The van der Waals surface area contributed by atoms with Gasteiger partial charge in [-0.1, -0.05) is 58.9 Å². The van der Waals surface area contributed by atoms with Gasteiger partial charge >= 0.3 is 6.18 Å². The Balaban J connectivity index is 1.46. The molecular formula is C27H39F4N3OS. The van der Waals surface area contributed by atoms with Gasteiger partial charge in [0.2, 0.25) is 0 Å². The number of hydrogen-bond acceptors (Lipinski definition) is 5. The quantitative estimate of drug-likeness (QED) is 0.185. The Morgan fingerprint density at radius 1 is 1.22 bits per heavy atom. The third kappa shape index (κ3) is 4.26. The number of hydrogen-bond donors (Lipinski definition) is 0. The normalized spacial score (nSPS) is 34.6. The molecule has 5 atom stereocenters. The maximum absolute atomic E-state index is 14.8. The Bertz CT molecular complexity index is 961. The molecule has 9 heteroatoms. The lowest BCUT2D eigenvalue weighted by molar-refractivity contribution is -0.138. The van der Waals surface area contributed by atoms with Crippen molar-refractivity contribution >= 4 is 24.1 Å². The first kappa shape index (κ1) is 27.7. The molecule has 36 heavy (non-hydrogen) atoms. The second-order valence-electron chi connectivity index (χ2n) is 11.2. The summed E-state index contributed by atoms with van der Waals surface area (Å²) in [5.74, 6) is 0.425. The van der Waals surface area contributed by atoms with Crippen molar-refractivity contribution in [1.82, 2.24) is 9.29 Å². The average molecular weight is 530 g/mol. The van der Waals surface area contributed by atoms with Crippen LogP contribution in [0.2, 0.25) is 0 Å². The number of aldehydes is 1. The van der Waals surface area contributed by atoms with Crippen molar-refractivity contribution in [3.8, 4) is 0 Å². The van der Waals surface area contributed by atoms with Crippen molar-refractivity contribution < 1.29 is 22.4 Å². The number of nitrogens with zero attached hydrogens (tertiary/aromatic N) is 3. The van der Waals surface area contributed by atoms with E-state index in [1.165, 1.54) is 6.29 Å². The van der Waals surface area contributed by atoms with Crippen molar-refractivity contribution in [3.05, 3.63) is 23.6 Å². The summed E-state index contributed by atoms with van der Waals surface area (Å²) in [5.41, 5.74) is -1.01. The summed E-state index contributed by atoms with van der Waals surface area (Å²) in [7, 11) is 0. The van der Waals surface area contributed by atoms with Crippen molar-refractivity contribution in [2.75, 3.05) is 30.3 Å². The molecule has 1 aliphatic heterocycles. The fourth-order valence-corrected chi connectivity index (χ4v) is 9.00. The molecule has 4 rings (SSSR count). The van der Waals surface area contributed by atoms with Gasteiger partial charge in [-0.15, -0.1) is 0 Å². The van der Waals surface area contributed by atoms with Crippen LogP contribution in [0, 0.1) is 28.0 Å². The van der Waals surface area contributed by atoms with Crippen LogP contribution < -0.4 is 4.90 Å². The fourth-order valence-electron chi connectivity index (χ4n) is 7.63. The molecule has 1 aromatic heterocycles. The van der Waals surface area contributed by atoms with Crippen LogP contribution in [0.1, 0.15) is 78.2 Å². The lowest BCUT2D eigenvalue weighted by Gasteiger charge is -2.51. The Labute approximate surface area is 216 Å².